The van der Waals surface area contributed by atoms with E-state index in [-0.39, 0.29) is 17.9 Å². The van der Waals surface area contributed by atoms with Gasteiger partial charge in [-0.15, -0.1) is 0 Å². The largest absolute Gasteiger partial charge is 0.444 e. The number of aromatic nitrogens is 1. The Hall–Kier alpha value is -2.18. The van der Waals surface area contributed by atoms with Gasteiger partial charge < -0.3 is 10.1 Å². The van der Waals surface area contributed by atoms with Crippen LogP contribution in [0.4, 0.5) is 15.0 Å². The molecule has 2 heterocycles. The molecule has 1 aliphatic carbocycles. The molecule has 2 amide bonds. The summed E-state index contributed by atoms with van der Waals surface area (Å²) < 4.78 is 18.6. The Balaban J connectivity index is 1.69. The number of nitrogens with zero attached hydrogens (tertiary/aromatic N) is 2. The van der Waals surface area contributed by atoms with Crippen molar-refractivity contribution in [2.24, 2.45) is 5.92 Å². The normalized spacial score (nSPS) is 22.6. The van der Waals surface area contributed by atoms with Crippen LogP contribution in [0.25, 0.3) is 0 Å². The molecule has 136 valence electrons. The third-order valence-corrected chi connectivity index (χ3v) is 4.57. The standard InChI is InChI=1S/C18H24FN3O3/c1-18(2,3)25-17(24)21-14-6-4-5-13(14)16(23)22-8-7-11-9-12(19)10-20-15(11)22/h9-10,13-14H,4-8H2,1-3H3,(H,21,24)/t13-,14+/m0/s1. The van der Waals surface area contributed by atoms with E-state index in [2.05, 4.69) is 10.3 Å². The molecule has 6 nitrogen and oxygen atoms in total. The van der Waals surface area contributed by atoms with Crippen LogP contribution in [0.3, 0.4) is 0 Å². The summed E-state index contributed by atoms with van der Waals surface area (Å²) in [5.74, 6) is -0.213. The molecular weight excluding hydrogens is 325 g/mol. The van der Waals surface area contributed by atoms with Crippen LogP contribution in [0.1, 0.15) is 45.6 Å². The van der Waals surface area contributed by atoms with Gasteiger partial charge in [0.25, 0.3) is 0 Å². The van der Waals surface area contributed by atoms with Crippen LogP contribution in [0.15, 0.2) is 12.3 Å². The minimum Gasteiger partial charge on any atom is -0.444 e. The molecule has 0 saturated heterocycles. The molecule has 1 aromatic rings. The zero-order chi connectivity index (χ0) is 18.2. The van der Waals surface area contributed by atoms with Crippen LogP contribution in [0, 0.1) is 11.7 Å². The van der Waals surface area contributed by atoms with E-state index in [0.29, 0.717) is 25.2 Å². The molecule has 0 unspecified atom stereocenters. The van der Waals surface area contributed by atoms with Crippen LogP contribution in [0.2, 0.25) is 0 Å². The Morgan fingerprint density at radius 3 is 2.84 bits per heavy atom. The van der Waals surface area contributed by atoms with Crippen molar-refractivity contribution in [1.82, 2.24) is 10.3 Å². The lowest BCUT2D eigenvalue weighted by Gasteiger charge is -2.27. The van der Waals surface area contributed by atoms with Gasteiger partial charge in [-0.1, -0.05) is 6.42 Å². The van der Waals surface area contributed by atoms with E-state index in [1.165, 1.54) is 6.07 Å². The van der Waals surface area contributed by atoms with E-state index in [1.54, 1.807) is 25.7 Å². The molecule has 0 aromatic carbocycles. The predicted molar refractivity (Wildman–Crippen MR) is 90.8 cm³/mol. The van der Waals surface area contributed by atoms with Gasteiger partial charge in [-0.2, -0.15) is 0 Å². The topological polar surface area (TPSA) is 71.5 Å². The lowest BCUT2D eigenvalue weighted by atomic mass is 10.0. The Labute approximate surface area is 146 Å². The molecular formula is C18H24FN3O3. The first-order chi connectivity index (χ1) is 11.7. The smallest absolute Gasteiger partial charge is 0.407 e. The van der Waals surface area contributed by atoms with Gasteiger partial charge in [-0.3, -0.25) is 9.69 Å². The van der Waals surface area contributed by atoms with Crippen LogP contribution < -0.4 is 10.2 Å². The molecule has 1 aromatic heterocycles. The first kappa shape index (κ1) is 17.6. The predicted octanol–water partition coefficient (Wildman–Crippen LogP) is 2.80. The SMILES string of the molecule is CC(C)(C)OC(=O)N[C@@H]1CCC[C@@H]1C(=O)N1CCc2cc(F)cnc21. The summed E-state index contributed by atoms with van der Waals surface area (Å²) in [6.07, 6.45) is 3.56. The van der Waals surface area contributed by atoms with Crippen LogP contribution in [-0.4, -0.2) is 35.2 Å². The summed E-state index contributed by atoms with van der Waals surface area (Å²) in [5.41, 5.74) is 0.173. The molecule has 1 N–H and O–H groups in total. The van der Waals surface area contributed by atoms with Crippen molar-refractivity contribution in [1.29, 1.82) is 0 Å². The maximum absolute atomic E-state index is 13.3. The van der Waals surface area contributed by atoms with E-state index in [9.17, 15) is 14.0 Å². The average Bonchev–Trinajstić information content (AvgIpc) is 3.10. The van der Waals surface area contributed by atoms with E-state index >= 15 is 0 Å². The highest BCUT2D eigenvalue weighted by Crippen LogP contribution is 2.33. The number of ether oxygens (including phenoxy) is 1. The van der Waals surface area contributed by atoms with E-state index in [4.69, 9.17) is 4.74 Å². The molecule has 1 saturated carbocycles. The summed E-state index contributed by atoms with van der Waals surface area (Å²) in [6, 6.07) is 1.19. The fourth-order valence-electron chi connectivity index (χ4n) is 3.54. The van der Waals surface area contributed by atoms with Crippen molar-refractivity contribution >= 4 is 17.8 Å². The molecule has 0 spiro atoms. The quantitative estimate of drug-likeness (QED) is 0.891. The van der Waals surface area contributed by atoms with Gasteiger partial charge in [0.15, 0.2) is 0 Å². The number of carbonyl (C=O) groups is 2. The third kappa shape index (κ3) is 3.91. The molecule has 1 aliphatic heterocycles. The van der Waals surface area contributed by atoms with Gasteiger partial charge in [0.1, 0.15) is 17.2 Å². The number of amides is 2. The number of hydrogen-bond acceptors (Lipinski definition) is 4. The summed E-state index contributed by atoms with van der Waals surface area (Å²) in [4.78, 5) is 30.7. The number of rotatable bonds is 2. The molecule has 2 aliphatic rings. The Bertz CT molecular complexity index is 687. The van der Waals surface area contributed by atoms with Gasteiger partial charge in [0, 0.05) is 12.6 Å². The second kappa shape index (κ2) is 6.61. The Morgan fingerprint density at radius 1 is 1.36 bits per heavy atom. The number of carbonyl (C=O) groups excluding carboxylic acids is 2. The Kier molecular flexibility index (Phi) is 4.67. The second-order valence-electron chi connectivity index (χ2n) is 7.67. The highest BCUT2D eigenvalue weighted by molar-refractivity contribution is 5.96. The van der Waals surface area contributed by atoms with Crippen molar-refractivity contribution in [3.8, 4) is 0 Å². The fraction of sp³-hybridized carbons (Fsp3) is 0.611. The van der Waals surface area contributed by atoms with Gasteiger partial charge in [-0.25, -0.2) is 14.2 Å². The van der Waals surface area contributed by atoms with Crippen molar-refractivity contribution in [2.75, 3.05) is 11.4 Å². The van der Waals surface area contributed by atoms with Gasteiger partial charge >= 0.3 is 6.09 Å². The molecule has 2 atom stereocenters. The van der Waals surface area contributed by atoms with Crippen molar-refractivity contribution in [2.45, 2.75) is 58.1 Å². The average molecular weight is 349 g/mol. The highest BCUT2D eigenvalue weighted by atomic mass is 19.1. The lowest BCUT2D eigenvalue weighted by molar-refractivity contribution is -0.122. The van der Waals surface area contributed by atoms with Gasteiger partial charge in [-0.05, 0) is 51.7 Å². The molecule has 0 bridgehead atoms. The summed E-state index contributed by atoms with van der Waals surface area (Å²) >= 11 is 0. The zero-order valence-corrected chi connectivity index (χ0v) is 14.8. The lowest BCUT2D eigenvalue weighted by Crippen LogP contribution is -2.46. The van der Waals surface area contributed by atoms with Gasteiger partial charge in [0.2, 0.25) is 5.91 Å². The number of alkyl carbamates (subject to hydrolysis) is 1. The van der Waals surface area contributed by atoms with Crippen LogP contribution >= 0.6 is 0 Å². The molecule has 0 radical (unpaired) electrons. The summed E-state index contributed by atoms with van der Waals surface area (Å²) in [5, 5.41) is 2.83. The first-order valence-electron chi connectivity index (χ1n) is 8.70. The number of pyridine rings is 1. The molecule has 3 rings (SSSR count). The van der Waals surface area contributed by atoms with E-state index < -0.39 is 17.5 Å². The summed E-state index contributed by atoms with van der Waals surface area (Å²) in [7, 11) is 0. The number of fused-ring (bicyclic) bond motifs is 1. The van der Waals surface area contributed by atoms with Crippen LogP contribution in [-0.2, 0) is 16.0 Å². The Morgan fingerprint density at radius 2 is 2.12 bits per heavy atom. The third-order valence-electron chi connectivity index (χ3n) is 4.57. The molecule has 7 heteroatoms. The zero-order valence-electron chi connectivity index (χ0n) is 14.8. The van der Waals surface area contributed by atoms with Crippen LogP contribution in [0.5, 0.6) is 0 Å². The number of halogens is 1. The number of anilines is 1. The monoisotopic (exact) mass is 349 g/mol. The first-order valence-corrected chi connectivity index (χ1v) is 8.70. The maximum Gasteiger partial charge on any atom is 0.407 e. The summed E-state index contributed by atoms with van der Waals surface area (Å²) in [6.45, 7) is 5.90. The minimum absolute atomic E-state index is 0.0589. The number of hydrogen-bond donors (Lipinski definition) is 1. The van der Waals surface area contributed by atoms with Gasteiger partial charge in [0.05, 0.1) is 12.1 Å². The second-order valence-corrected chi connectivity index (χ2v) is 7.67. The van der Waals surface area contributed by atoms with E-state index in [0.717, 1.165) is 24.6 Å². The van der Waals surface area contributed by atoms with Crippen molar-refractivity contribution in [3.63, 3.8) is 0 Å². The fourth-order valence-corrected chi connectivity index (χ4v) is 3.54. The maximum atomic E-state index is 13.3. The number of nitrogens with one attached hydrogen (secondary N) is 1. The van der Waals surface area contributed by atoms with E-state index in [1.807, 2.05) is 0 Å². The van der Waals surface area contributed by atoms with Crippen molar-refractivity contribution < 1.29 is 18.7 Å². The highest BCUT2D eigenvalue weighted by Gasteiger charge is 2.39. The molecule has 25 heavy (non-hydrogen) atoms. The minimum atomic E-state index is -0.579. The van der Waals surface area contributed by atoms with Crippen molar-refractivity contribution in [3.05, 3.63) is 23.6 Å². The molecule has 1 fully saturated rings.